The molecule has 3 rings (SSSR count). The molecular weight excluding hydrogens is 260 g/mol. The van der Waals surface area contributed by atoms with Gasteiger partial charge in [-0.25, -0.2) is 4.98 Å². The highest BCUT2D eigenvalue weighted by Gasteiger charge is 2.20. The molecule has 0 bridgehead atoms. The Morgan fingerprint density at radius 3 is 2.95 bits per heavy atom. The quantitative estimate of drug-likeness (QED) is 0.937. The van der Waals surface area contributed by atoms with Crippen LogP contribution in [0, 0.1) is 6.92 Å². The van der Waals surface area contributed by atoms with Crippen LogP contribution in [0.15, 0.2) is 21.2 Å². The zero-order chi connectivity index (χ0) is 13.2. The molecule has 5 heteroatoms. The minimum Gasteiger partial charge on any atom is -0.441 e. The highest BCUT2D eigenvalue weighted by atomic mass is 32.1. The van der Waals surface area contributed by atoms with Crippen LogP contribution >= 0.6 is 11.3 Å². The van der Waals surface area contributed by atoms with Crippen LogP contribution in [0.3, 0.4) is 0 Å². The minimum absolute atomic E-state index is 0.129. The van der Waals surface area contributed by atoms with Gasteiger partial charge >= 0.3 is 0 Å². The van der Waals surface area contributed by atoms with Gasteiger partial charge in [-0.3, -0.25) is 4.90 Å². The number of nitrogens with zero attached hydrogens (tertiary/aromatic N) is 2. The van der Waals surface area contributed by atoms with Gasteiger partial charge in [-0.15, -0.1) is 0 Å². The second-order valence-corrected chi connectivity index (χ2v) is 5.82. The van der Waals surface area contributed by atoms with Gasteiger partial charge in [0.15, 0.2) is 0 Å². The van der Waals surface area contributed by atoms with Crippen LogP contribution in [-0.4, -0.2) is 34.2 Å². The molecule has 0 aromatic carbocycles. The molecule has 0 spiro atoms. The fourth-order valence-electron chi connectivity index (χ4n) is 2.37. The van der Waals surface area contributed by atoms with Crippen LogP contribution in [0.5, 0.6) is 0 Å². The third-order valence-corrected chi connectivity index (χ3v) is 4.27. The van der Waals surface area contributed by atoms with Gasteiger partial charge in [0.1, 0.15) is 5.76 Å². The van der Waals surface area contributed by atoms with Gasteiger partial charge in [-0.2, -0.15) is 11.3 Å². The first kappa shape index (κ1) is 12.8. The van der Waals surface area contributed by atoms with Gasteiger partial charge < -0.3 is 9.52 Å². The summed E-state index contributed by atoms with van der Waals surface area (Å²) < 4.78 is 5.74. The van der Waals surface area contributed by atoms with Crippen LogP contribution < -0.4 is 0 Å². The highest BCUT2D eigenvalue weighted by Crippen LogP contribution is 2.25. The molecule has 1 fully saturated rings. The van der Waals surface area contributed by atoms with E-state index < -0.39 is 0 Å². The lowest BCUT2D eigenvalue weighted by atomic mass is 10.1. The summed E-state index contributed by atoms with van der Waals surface area (Å²) in [4.78, 5) is 6.93. The summed E-state index contributed by atoms with van der Waals surface area (Å²) in [6, 6.07) is 2.02. The Labute approximate surface area is 116 Å². The molecule has 1 N–H and O–H groups in total. The van der Waals surface area contributed by atoms with E-state index in [2.05, 4.69) is 9.88 Å². The van der Waals surface area contributed by atoms with Crippen molar-refractivity contribution in [1.82, 2.24) is 9.88 Å². The molecule has 2 aromatic heterocycles. The maximum absolute atomic E-state index is 9.52. The molecular formula is C14H18N2O2S. The fourth-order valence-corrected chi connectivity index (χ4v) is 3.00. The fraction of sp³-hybridized carbons (Fsp3) is 0.500. The zero-order valence-electron chi connectivity index (χ0n) is 11.0. The summed E-state index contributed by atoms with van der Waals surface area (Å²) in [5.74, 6) is 1.61. The Morgan fingerprint density at radius 1 is 1.47 bits per heavy atom. The van der Waals surface area contributed by atoms with E-state index in [1.165, 1.54) is 0 Å². The van der Waals surface area contributed by atoms with E-state index in [-0.39, 0.29) is 6.10 Å². The van der Waals surface area contributed by atoms with Gasteiger partial charge in [-0.1, -0.05) is 0 Å². The maximum Gasteiger partial charge on any atom is 0.227 e. The van der Waals surface area contributed by atoms with Gasteiger partial charge in [0.2, 0.25) is 5.89 Å². The molecule has 0 aliphatic carbocycles. The molecule has 0 saturated carbocycles. The Morgan fingerprint density at radius 2 is 2.26 bits per heavy atom. The number of likely N-dealkylation sites (tertiary alicyclic amines) is 1. The summed E-state index contributed by atoms with van der Waals surface area (Å²) in [6.07, 6.45) is 1.58. The van der Waals surface area contributed by atoms with E-state index >= 15 is 0 Å². The first-order chi connectivity index (χ1) is 9.22. The van der Waals surface area contributed by atoms with Crippen molar-refractivity contribution in [3.8, 4) is 11.5 Å². The van der Waals surface area contributed by atoms with E-state index in [0.717, 1.165) is 49.5 Å². The highest BCUT2D eigenvalue weighted by molar-refractivity contribution is 7.08. The largest absolute Gasteiger partial charge is 0.441 e. The number of piperidine rings is 1. The van der Waals surface area contributed by atoms with Crippen molar-refractivity contribution in [2.75, 3.05) is 13.1 Å². The lowest BCUT2D eigenvalue weighted by Crippen LogP contribution is -2.35. The molecule has 4 nitrogen and oxygen atoms in total. The van der Waals surface area contributed by atoms with Crippen molar-refractivity contribution in [2.45, 2.75) is 32.4 Å². The third-order valence-electron chi connectivity index (χ3n) is 3.59. The van der Waals surface area contributed by atoms with Crippen molar-refractivity contribution in [3.05, 3.63) is 28.3 Å². The molecule has 0 amide bonds. The molecule has 102 valence electrons. The molecule has 0 unspecified atom stereocenters. The van der Waals surface area contributed by atoms with Crippen molar-refractivity contribution < 1.29 is 9.52 Å². The van der Waals surface area contributed by atoms with E-state index in [4.69, 9.17) is 4.42 Å². The Balaban J connectivity index is 1.71. The van der Waals surface area contributed by atoms with Crippen molar-refractivity contribution in [3.63, 3.8) is 0 Å². The Bertz CT molecular complexity index is 528. The number of aliphatic hydroxyl groups is 1. The van der Waals surface area contributed by atoms with Crippen LogP contribution in [-0.2, 0) is 6.54 Å². The summed E-state index contributed by atoms with van der Waals surface area (Å²) in [5.41, 5.74) is 2.06. The number of aliphatic hydroxyl groups excluding tert-OH is 1. The van der Waals surface area contributed by atoms with Crippen LogP contribution in [0.4, 0.5) is 0 Å². The Hall–Kier alpha value is -1.17. The number of oxazole rings is 1. The van der Waals surface area contributed by atoms with E-state index in [1.807, 2.05) is 23.8 Å². The topological polar surface area (TPSA) is 49.5 Å². The van der Waals surface area contributed by atoms with Crippen molar-refractivity contribution >= 4 is 11.3 Å². The van der Waals surface area contributed by atoms with Gasteiger partial charge in [0, 0.05) is 30.6 Å². The smallest absolute Gasteiger partial charge is 0.227 e. The molecule has 0 radical (unpaired) electrons. The Kier molecular flexibility index (Phi) is 3.68. The number of thiophene rings is 1. The average Bonchev–Trinajstić information content (AvgIpc) is 3.03. The van der Waals surface area contributed by atoms with Crippen molar-refractivity contribution in [2.24, 2.45) is 0 Å². The number of rotatable bonds is 3. The second kappa shape index (κ2) is 5.45. The third kappa shape index (κ3) is 2.88. The molecule has 1 saturated heterocycles. The van der Waals surface area contributed by atoms with Gasteiger partial charge in [0.25, 0.3) is 0 Å². The van der Waals surface area contributed by atoms with Crippen molar-refractivity contribution in [1.29, 1.82) is 0 Å². The van der Waals surface area contributed by atoms with Crippen LogP contribution in [0.2, 0.25) is 0 Å². The average molecular weight is 278 g/mol. The monoisotopic (exact) mass is 278 g/mol. The van der Waals surface area contributed by atoms with Gasteiger partial charge in [0.05, 0.1) is 11.8 Å². The molecule has 19 heavy (non-hydrogen) atoms. The first-order valence-electron chi connectivity index (χ1n) is 6.61. The van der Waals surface area contributed by atoms with Gasteiger partial charge in [-0.05, 0) is 31.2 Å². The lowest BCUT2D eigenvalue weighted by Gasteiger charge is -2.28. The molecule has 1 aliphatic rings. The SMILES string of the molecule is Cc1oc(-c2ccsc2)nc1CN1CCC(O)CC1. The van der Waals surface area contributed by atoms with E-state index in [0.29, 0.717) is 5.89 Å². The van der Waals surface area contributed by atoms with Crippen LogP contribution in [0.25, 0.3) is 11.5 Å². The molecule has 3 heterocycles. The summed E-state index contributed by atoms with van der Waals surface area (Å²) in [7, 11) is 0. The number of aryl methyl sites for hydroxylation is 1. The summed E-state index contributed by atoms with van der Waals surface area (Å²) in [5, 5.41) is 13.6. The minimum atomic E-state index is -0.129. The molecule has 2 aromatic rings. The maximum atomic E-state index is 9.52. The number of hydrogen-bond donors (Lipinski definition) is 1. The zero-order valence-corrected chi connectivity index (χ0v) is 11.8. The first-order valence-corrected chi connectivity index (χ1v) is 7.56. The predicted molar refractivity (Wildman–Crippen MR) is 75.1 cm³/mol. The standard InChI is InChI=1S/C14H18N2O2S/c1-10-13(8-16-5-2-12(17)3-6-16)15-14(18-10)11-4-7-19-9-11/h4,7,9,12,17H,2-3,5-6,8H2,1H3. The summed E-state index contributed by atoms with van der Waals surface area (Å²) in [6.45, 7) is 4.64. The number of aromatic nitrogens is 1. The lowest BCUT2D eigenvalue weighted by molar-refractivity contribution is 0.0785. The normalized spacial score (nSPS) is 18.0. The summed E-state index contributed by atoms with van der Waals surface area (Å²) >= 11 is 1.65. The molecule has 0 atom stereocenters. The second-order valence-electron chi connectivity index (χ2n) is 5.04. The van der Waals surface area contributed by atoms with Crippen LogP contribution in [0.1, 0.15) is 24.3 Å². The van der Waals surface area contributed by atoms with E-state index in [1.54, 1.807) is 11.3 Å². The molecule has 1 aliphatic heterocycles. The van der Waals surface area contributed by atoms with E-state index in [9.17, 15) is 5.11 Å². The predicted octanol–water partition coefficient (Wildman–Crippen LogP) is 2.67. The number of hydrogen-bond acceptors (Lipinski definition) is 5.